The summed E-state index contributed by atoms with van der Waals surface area (Å²) in [6, 6.07) is 14.5. The van der Waals surface area contributed by atoms with Gasteiger partial charge in [-0.1, -0.05) is 49.9 Å². The van der Waals surface area contributed by atoms with Crippen molar-refractivity contribution in [3.8, 4) is 0 Å². The first kappa shape index (κ1) is 40.9. The third kappa shape index (κ3) is 10.4. The summed E-state index contributed by atoms with van der Waals surface area (Å²) in [6.07, 6.45) is 10.7. The number of nitrogens with one attached hydrogen (secondary N) is 4. The fraction of sp³-hybridized carbons (Fsp3) is 0.512. The number of hydrogen-bond acceptors (Lipinski definition) is 12. The molecule has 4 aliphatic rings. The van der Waals surface area contributed by atoms with Crippen LogP contribution in [-0.2, 0) is 22.6 Å². The summed E-state index contributed by atoms with van der Waals surface area (Å²) in [7, 11) is 0. The first-order chi connectivity index (χ1) is 28.2. The number of benzene rings is 2. The molecule has 308 valence electrons. The predicted molar refractivity (Wildman–Crippen MR) is 218 cm³/mol. The number of aliphatic hydroxyl groups is 1. The van der Waals surface area contributed by atoms with Crippen LogP contribution in [-0.4, -0.2) is 123 Å². The van der Waals surface area contributed by atoms with Crippen molar-refractivity contribution < 1.29 is 29.1 Å². The number of likely N-dealkylation sites (tertiary alicyclic amines) is 1. The van der Waals surface area contributed by atoms with Crippen LogP contribution in [0, 0.1) is 0 Å². The quantitative estimate of drug-likeness (QED) is 0.0935. The van der Waals surface area contributed by atoms with E-state index in [0.29, 0.717) is 12.4 Å². The minimum absolute atomic E-state index is 0.0949. The zero-order valence-electron chi connectivity index (χ0n) is 33.1. The summed E-state index contributed by atoms with van der Waals surface area (Å²) in [5.41, 5.74) is 4.27. The molecule has 1 aromatic heterocycles. The van der Waals surface area contributed by atoms with Gasteiger partial charge in [0.15, 0.2) is 0 Å². The maximum Gasteiger partial charge on any atom is 0.270 e. The van der Waals surface area contributed by atoms with Gasteiger partial charge in [-0.05, 0) is 74.4 Å². The molecular formula is C43H55N9O6. The van der Waals surface area contributed by atoms with Crippen LogP contribution in [0.15, 0.2) is 54.9 Å². The fourth-order valence-electron chi connectivity index (χ4n) is 8.43. The molecule has 2 fully saturated rings. The normalized spacial score (nSPS) is 19.4. The van der Waals surface area contributed by atoms with Crippen LogP contribution in [0.1, 0.15) is 107 Å². The highest BCUT2D eigenvalue weighted by molar-refractivity contribution is 6.23. The molecule has 7 rings (SSSR count). The Labute approximate surface area is 339 Å². The average molecular weight is 794 g/mol. The molecule has 5 heterocycles. The largest absolute Gasteiger partial charge is 0.390 e. The minimum atomic E-state index is -0.964. The summed E-state index contributed by atoms with van der Waals surface area (Å²) >= 11 is 0. The van der Waals surface area contributed by atoms with Gasteiger partial charge in [0.25, 0.3) is 17.7 Å². The van der Waals surface area contributed by atoms with Crippen molar-refractivity contribution in [1.29, 1.82) is 0 Å². The van der Waals surface area contributed by atoms with E-state index in [9.17, 15) is 29.1 Å². The third-order valence-corrected chi connectivity index (χ3v) is 11.7. The molecule has 0 aliphatic carbocycles. The molecule has 15 nitrogen and oxygen atoms in total. The molecule has 15 heteroatoms. The van der Waals surface area contributed by atoms with Gasteiger partial charge >= 0.3 is 0 Å². The number of rotatable bonds is 18. The summed E-state index contributed by atoms with van der Waals surface area (Å²) in [5, 5.41) is 22.5. The van der Waals surface area contributed by atoms with E-state index in [1.54, 1.807) is 24.3 Å². The zero-order valence-corrected chi connectivity index (χ0v) is 33.1. The molecule has 2 saturated heterocycles. The van der Waals surface area contributed by atoms with E-state index < -0.39 is 35.8 Å². The zero-order chi connectivity index (χ0) is 40.4. The van der Waals surface area contributed by atoms with Gasteiger partial charge in [0.2, 0.25) is 11.8 Å². The molecule has 5 amide bonds. The van der Waals surface area contributed by atoms with Crippen molar-refractivity contribution in [1.82, 2.24) is 35.3 Å². The van der Waals surface area contributed by atoms with Gasteiger partial charge in [0.05, 0.1) is 17.2 Å². The summed E-state index contributed by atoms with van der Waals surface area (Å²) in [6.45, 7) is 6.22. The molecular weight excluding hydrogens is 739 g/mol. The van der Waals surface area contributed by atoms with Gasteiger partial charge < -0.3 is 26.0 Å². The van der Waals surface area contributed by atoms with Gasteiger partial charge in [0.1, 0.15) is 23.9 Å². The molecule has 1 unspecified atom stereocenters. The average Bonchev–Trinajstić information content (AvgIpc) is 3.47. The Morgan fingerprint density at radius 2 is 1.59 bits per heavy atom. The second-order valence-corrected chi connectivity index (χ2v) is 15.9. The molecule has 4 aliphatic heterocycles. The smallest absolute Gasteiger partial charge is 0.270 e. The molecule has 0 saturated carbocycles. The lowest BCUT2D eigenvalue weighted by Gasteiger charge is -2.32. The number of piperidine rings is 2. The predicted octanol–water partition coefficient (Wildman–Crippen LogP) is 3.36. The number of anilines is 2. The van der Waals surface area contributed by atoms with E-state index in [2.05, 4.69) is 59.2 Å². The van der Waals surface area contributed by atoms with Crippen molar-refractivity contribution in [2.45, 2.75) is 95.4 Å². The number of unbranched alkanes of at least 4 members (excludes halogenated alkanes) is 5. The second kappa shape index (κ2) is 19.5. The Morgan fingerprint density at radius 1 is 0.828 bits per heavy atom. The molecule has 2 aromatic carbocycles. The van der Waals surface area contributed by atoms with Crippen molar-refractivity contribution in [3.63, 3.8) is 0 Å². The Hall–Kier alpha value is -5.25. The summed E-state index contributed by atoms with van der Waals surface area (Å²) < 4.78 is 0. The fourth-order valence-corrected chi connectivity index (χ4v) is 8.43. The van der Waals surface area contributed by atoms with Crippen LogP contribution in [0.25, 0.3) is 0 Å². The van der Waals surface area contributed by atoms with Crippen LogP contribution in [0.4, 0.5) is 11.5 Å². The van der Waals surface area contributed by atoms with Crippen molar-refractivity contribution in [2.75, 3.05) is 56.4 Å². The Morgan fingerprint density at radius 3 is 2.40 bits per heavy atom. The number of amides is 5. The van der Waals surface area contributed by atoms with Crippen LogP contribution in [0.2, 0.25) is 0 Å². The molecule has 58 heavy (non-hydrogen) atoms. The number of carbonyl (C=O) groups is 5. The van der Waals surface area contributed by atoms with E-state index in [1.165, 1.54) is 36.7 Å². The van der Waals surface area contributed by atoms with Crippen LogP contribution in [0.5, 0.6) is 0 Å². The highest BCUT2D eigenvalue weighted by Crippen LogP contribution is 2.30. The van der Waals surface area contributed by atoms with Crippen LogP contribution in [0.3, 0.4) is 0 Å². The summed E-state index contributed by atoms with van der Waals surface area (Å²) in [5.74, 6) is -1.68. The van der Waals surface area contributed by atoms with Crippen molar-refractivity contribution in [2.24, 2.45) is 0 Å². The highest BCUT2D eigenvalue weighted by atomic mass is 16.3. The molecule has 0 radical (unpaired) electrons. The number of β-amino-alcohol motifs (C(OH)–C–C–N with tert-alkyl or cyclic N) is 1. The van der Waals surface area contributed by atoms with Gasteiger partial charge in [-0.25, -0.2) is 9.97 Å². The molecule has 3 aromatic rings. The molecule has 0 spiro atoms. The number of carbonyl (C=O) groups excluding carboxylic acids is 5. The standard InChI is InChI=1S/C43H55N9O6/c53-33(27-51-20-15-29-9-5-6-10-30(29)26-51)25-45-40(55)36-24-38(47-28-46-36)48-31-16-21-50(22-17-31)19-8-4-2-1-3-7-18-44-32-11-12-34-35(23-32)43(58)52(42(34)57)37-13-14-39(54)49-41(37)56/h5-6,9-12,23-24,28,31,33,37,44,53H,1-4,7-8,13-22,25-27H2,(H,45,55)(H,46,47,48)(H,49,54,56)/t33-,37?/m0/s1. The first-order valence-electron chi connectivity index (χ1n) is 20.9. The van der Waals surface area contributed by atoms with Crippen molar-refractivity contribution >= 4 is 41.0 Å². The van der Waals surface area contributed by atoms with E-state index in [4.69, 9.17) is 0 Å². The topological polar surface area (TPSA) is 189 Å². The number of imide groups is 2. The molecule has 5 N–H and O–H groups in total. The Balaban J connectivity index is 0.721. The molecule has 0 bridgehead atoms. The number of hydrogen-bond donors (Lipinski definition) is 5. The monoisotopic (exact) mass is 793 g/mol. The van der Waals surface area contributed by atoms with Gasteiger partial charge in [-0.15, -0.1) is 0 Å². The van der Waals surface area contributed by atoms with E-state index in [0.717, 1.165) is 88.4 Å². The SMILES string of the molecule is O=C1CCC(N2C(=O)c3ccc(NCCCCCCCCN4CCC(Nc5cc(C(=O)NC[C@H](O)CN6CCc7ccccc7C6)ncn5)CC4)cc3C2=O)C(=O)N1. The first-order valence-corrected chi connectivity index (χ1v) is 20.9. The van der Waals surface area contributed by atoms with Gasteiger partial charge in [-0.2, -0.15) is 0 Å². The highest BCUT2D eigenvalue weighted by Gasteiger charge is 2.44. The second-order valence-electron chi connectivity index (χ2n) is 15.9. The minimum Gasteiger partial charge on any atom is -0.390 e. The van der Waals surface area contributed by atoms with Crippen molar-refractivity contribution in [3.05, 3.63) is 82.8 Å². The number of aliphatic hydroxyl groups excluding tert-OH is 1. The summed E-state index contributed by atoms with van der Waals surface area (Å²) in [4.78, 5) is 77.0. The van der Waals surface area contributed by atoms with Crippen LogP contribution >= 0.6 is 0 Å². The lowest BCUT2D eigenvalue weighted by Crippen LogP contribution is -2.54. The lowest BCUT2D eigenvalue weighted by atomic mass is 10.00. The van der Waals surface area contributed by atoms with E-state index in [1.807, 2.05) is 6.07 Å². The Bertz CT molecular complexity index is 1970. The number of aromatic nitrogens is 2. The van der Waals surface area contributed by atoms with Crippen LogP contribution < -0.4 is 21.3 Å². The maximum absolute atomic E-state index is 13.1. The maximum atomic E-state index is 13.1. The third-order valence-electron chi connectivity index (χ3n) is 11.7. The van der Waals surface area contributed by atoms with E-state index >= 15 is 0 Å². The van der Waals surface area contributed by atoms with E-state index in [-0.39, 0.29) is 48.2 Å². The molecule has 2 atom stereocenters. The number of nitrogens with zero attached hydrogens (tertiary/aromatic N) is 5. The lowest BCUT2D eigenvalue weighted by molar-refractivity contribution is -0.136. The Kier molecular flexibility index (Phi) is 13.7. The van der Waals surface area contributed by atoms with Gasteiger partial charge in [-0.3, -0.25) is 39.1 Å². The number of fused-ring (bicyclic) bond motifs is 2. The van der Waals surface area contributed by atoms with Gasteiger partial charge in [0, 0.05) is 70.0 Å².